The molecule has 0 radical (unpaired) electrons. The third kappa shape index (κ3) is 2.25. The molecule has 1 aliphatic rings. The summed E-state index contributed by atoms with van der Waals surface area (Å²) in [6, 6.07) is 4.14. The summed E-state index contributed by atoms with van der Waals surface area (Å²) >= 11 is 14.2. The molecular formula is C13H14Cl3NS. The van der Waals surface area contributed by atoms with Gasteiger partial charge in [0.05, 0.1) is 5.88 Å². The molecule has 0 fully saturated rings. The molecule has 3 rings (SSSR count). The van der Waals surface area contributed by atoms with Gasteiger partial charge in [-0.05, 0) is 36.7 Å². The summed E-state index contributed by atoms with van der Waals surface area (Å²) in [5, 5.41) is 2.26. The molecule has 0 unspecified atom stereocenters. The predicted octanol–water partition coefficient (Wildman–Crippen LogP) is 4.70. The minimum absolute atomic E-state index is 0. The molecule has 0 N–H and O–H groups in total. The van der Waals surface area contributed by atoms with Crippen molar-refractivity contribution in [1.82, 2.24) is 4.90 Å². The molecule has 0 atom stereocenters. The normalized spacial score (nSPS) is 15.5. The molecule has 98 valence electrons. The van der Waals surface area contributed by atoms with Crippen molar-refractivity contribution < 1.29 is 0 Å². The average Bonchev–Trinajstić information content (AvgIpc) is 2.56. The second kappa shape index (κ2) is 5.56. The van der Waals surface area contributed by atoms with E-state index < -0.39 is 0 Å². The highest BCUT2D eigenvalue weighted by Crippen LogP contribution is 2.39. The van der Waals surface area contributed by atoms with Gasteiger partial charge in [-0.3, -0.25) is 0 Å². The van der Waals surface area contributed by atoms with Gasteiger partial charge in [0.1, 0.15) is 0 Å². The van der Waals surface area contributed by atoms with Crippen LogP contribution in [-0.2, 0) is 18.8 Å². The molecule has 0 aliphatic carbocycles. The first-order chi connectivity index (χ1) is 8.20. The second-order valence-corrected chi connectivity index (χ2v) is 6.34. The van der Waals surface area contributed by atoms with Crippen molar-refractivity contribution in [2.75, 3.05) is 13.6 Å². The fourth-order valence-electron chi connectivity index (χ4n) is 2.52. The molecule has 0 bridgehead atoms. The monoisotopic (exact) mass is 321 g/mol. The molecular weight excluding hydrogens is 309 g/mol. The van der Waals surface area contributed by atoms with Crippen LogP contribution in [0.25, 0.3) is 10.1 Å². The minimum Gasteiger partial charge on any atom is -0.302 e. The summed E-state index contributed by atoms with van der Waals surface area (Å²) in [7, 11) is 2.15. The van der Waals surface area contributed by atoms with Gasteiger partial charge in [0.2, 0.25) is 0 Å². The van der Waals surface area contributed by atoms with E-state index in [4.69, 9.17) is 23.2 Å². The smallest absolute Gasteiger partial charge is 0.0571 e. The van der Waals surface area contributed by atoms with E-state index in [2.05, 4.69) is 18.0 Å². The van der Waals surface area contributed by atoms with Gasteiger partial charge in [-0.2, -0.15) is 0 Å². The summed E-state index contributed by atoms with van der Waals surface area (Å²) in [4.78, 5) is 3.63. The van der Waals surface area contributed by atoms with Crippen LogP contribution in [0.5, 0.6) is 0 Å². The maximum Gasteiger partial charge on any atom is 0.0571 e. The van der Waals surface area contributed by atoms with Crippen LogP contribution in [0, 0.1) is 0 Å². The van der Waals surface area contributed by atoms with E-state index in [0.29, 0.717) is 5.88 Å². The first-order valence-corrected chi connectivity index (χ1v) is 7.39. The largest absolute Gasteiger partial charge is 0.302 e. The first-order valence-electron chi connectivity index (χ1n) is 5.67. The van der Waals surface area contributed by atoms with Gasteiger partial charge in [-0.15, -0.1) is 35.3 Å². The van der Waals surface area contributed by atoms with E-state index in [1.807, 2.05) is 6.07 Å². The number of halogens is 3. The van der Waals surface area contributed by atoms with Gasteiger partial charge in [-0.25, -0.2) is 0 Å². The molecule has 2 heterocycles. The number of nitrogens with zero attached hydrogens (tertiary/aromatic N) is 1. The molecule has 5 heteroatoms. The lowest BCUT2D eigenvalue weighted by Gasteiger charge is -2.13. The van der Waals surface area contributed by atoms with Crippen molar-refractivity contribution in [2.45, 2.75) is 18.8 Å². The molecule has 0 saturated carbocycles. The highest BCUT2D eigenvalue weighted by Gasteiger charge is 2.21. The van der Waals surface area contributed by atoms with Gasteiger partial charge >= 0.3 is 0 Å². The van der Waals surface area contributed by atoms with Crippen LogP contribution in [0.15, 0.2) is 12.1 Å². The predicted molar refractivity (Wildman–Crippen MR) is 83.7 cm³/mol. The molecule has 1 aliphatic heterocycles. The van der Waals surface area contributed by atoms with Gasteiger partial charge in [0.15, 0.2) is 0 Å². The average molecular weight is 323 g/mol. The number of benzene rings is 1. The van der Waals surface area contributed by atoms with E-state index in [1.165, 1.54) is 26.1 Å². The Bertz CT molecular complexity index is 579. The minimum atomic E-state index is 0. The molecule has 1 aromatic carbocycles. The first kappa shape index (κ1) is 14.4. The zero-order valence-electron chi connectivity index (χ0n) is 10.0. The van der Waals surface area contributed by atoms with Crippen LogP contribution >= 0.6 is 46.9 Å². The lowest BCUT2D eigenvalue weighted by molar-refractivity contribution is 0.336. The molecule has 1 nitrogen and oxygen atoms in total. The van der Waals surface area contributed by atoms with Gasteiger partial charge < -0.3 is 4.90 Å². The molecule has 18 heavy (non-hydrogen) atoms. The van der Waals surface area contributed by atoms with Crippen LogP contribution in [-0.4, -0.2) is 18.5 Å². The Kier molecular flexibility index (Phi) is 4.45. The van der Waals surface area contributed by atoms with Crippen LogP contribution in [0.1, 0.15) is 16.0 Å². The topological polar surface area (TPSA) is 3.24 Å². The fraction of sp³-hybridized carbons (Fsp3) is 0.385. The summed E-state index contributed by atoms with van der Waals surface area (Å²) in [6.45, 7) is 2.04. The van der Waals surface area contributed by atoms with Crippen LogP contribution in [0.4, 0.5) is 0 Å². The Morgan fingerprint density at radius 2 is 2.11 bits per heavy atom. The van der Waals surface area contributed by atoms with Crippen molar-refractivity contribution >= 4 is 57.0 Å². The number of hydrogen-bond acceptors (Lipinski definition) is 2. The van der Waals surface area contributed by atoms with E-state index in [-0.39, 0.29) is 12.4 Å². The zero-order chi connectivity index (χ0) is 12.0. The van der Waals surface area contributed by atoms with Crippen LogP contribution in [0.2, 0.25) is 5.02 Å². The summed E-state index contributed by atoms with van der Waals surface area (Å²) in [5.74, 6) is 0.597. The Morgan fingerprint density at radius 3 is 2.83 bits per heavy atom. The lowest BCUT2D eigenvalue weighted by atomic mass is 10.0. The standard InChI is InChI=1S/C13H13Cl2NS.ClH/c1-16-5-4-8-10(15)2-3-11-13(8)9(7-16)12(6-14)17-11;/h2-3H,4-7H2,1H3;1H. The third-order valence-electron chi connectivity index (χ3n) is 3.38. The SMILES string of the molecule is CN1CCc2c(Cl)ccc3sc(CCl)c(c23)C1.Cl. The van der Waals surface area contributed by atoms with E-state index in [1.54, 1.807) is 11.3 Å². The Balaban J connectivity index is 0.00000120. The highest BCUT2D eigenvalue weighted by molar-refractivity contribution is 7.19. The Hall–Kier alpha value is 0.01000. The fourth-order valence-corrected chi connectivity index (χ4v) is 4.19. The molecule has 1 aromatic heterocycles. The van der Waals surface area contributed by atoms with E-state index >= 15 is 0 Å². The van der Waals surface area contributed by atoms with Crippen molar-refractivity contribution in [1.29, 1.82) is 0 Å². The maximum absolute atomic E-state index is 6.34. The maximum atomic E-state index is 6.34. The highest BCUT2D eigenvalue weighted by atomic mass is 35.5. The van der Waals surface area contributed by atoms with Gasteiger partial charge in [0.25, 0.3) is 0 Å². The Labute approximate surface area is 127 Å². The number of likely N-dealkylation sites (N-methyl/N-ethyl adjacent to an activating group) is 1. The zero-order valence-corrected chi connectivity index (χ0v) is 13.1. The van der Waals surface area contributed by atoms with Gasteiger partial charge in [-0.1, -0.05) is 11.6 Å². The number of alkyl halides is 1. The quantitative estimate of drug-likeness (QED) is 0.688. The molecule has 0 saturated heterocycles. The number of rotatable bonds is 1. The number of hydrogen-bond donors (Lipinski definition) is 0. The third-order valence-corrected chi connectivity index (χ3v) is 5.36. The molecule has 2 aromatic rings. The molecule has 0 spiro atoms. The van der Waals surface area contributed by atoms with Crippen molar-refractivity contribution in [3.63, 3.8) is 0 Å². The summed E-state index contributed by atoms with van der Waals surface area (Å²) < 4.78 is 1.32. The lowest BCUT2D eigenvalue weighted by Crippen LogP contribution is -2.18. The van der Waals surface area contributed by atoms with Crippen molar-refractivity contribution in [2.24, 2.45) is 0 Å². The van der Waals surface area contributed by atoms with E-state index in [9.17, 15) is 0 Å². The second-order valence-electron chi connectivity index (χ2n) is 4.52. The summed E-state index contributed by atoms with van der Waals surface area (Å²) in [5.41, 5.74) is 2.69. The summed E-state index contributed by atoms with van der Waals surface area (Å²) in [6.07, 6.45) is 1.03. The van der Waals surface area contributed by atoms with Gasteiger partial charge in [0, 0.05) is 33.1 Å². The van der Waals surface area contributed by atoms with Crippen molar-refractivity contribution in [3.8, 4) is 0 Å². The van der Waals surface area contributed by atoms with Crippen molar-refractivity contribution in [3.05, 3.63) is 33.2 Å². The number of thiophene rings is 1. The molecule has 0 amide bonds. The Morgan fingerprint density at radius 1 is 1.33 bits per heavy atom. The van der Waals surface area contributed by atoms with Crippen LogP contribution < -0.4 is 0 Å². The van der Waals surface area contributed by atoms with E-state index in [0.717, 1.165) is 24.5 Å². The van der Waals surface area contributed by atoms with Crippen LogP contribution in [0.3, 0.4) is 0 Å².